The predicted molar refractivity (Wildman–Crippen MR) is 162 cm³/mol. The maximum Gasteiger partial charge on any atom is 0.163 e. The predicted octanol–water partition coefficient (Wildman–Crippen LogP) is 9.32. The Morgan fingerprint density at radius 3 is 1.31 bits per heavy atom. The number of rotatable bonds is 1. The molecule has 4 atom stereocenters. The van der Waals surface area contributed by atoms with Crippen molar-refractivity contribution in [3.8, 4) is 0 Å². The quantitative estimate of drug-likeness (QED) is 0.270. The van der Waals surface area contributed by atoms with E-state index in [0.29, 0.717) is 17.4 Å². The minimum absolute atomic E-state index is 0.119. The number of hydrogen-bond acceptors (Lipinski definition) is 4. The third kappa shape index (κ3) is 17.5. The molecule has 2 heterocycles. The minimum atomic E-state index is -0.611. The van der Waals surface area contributed by atoms with Crippen LogP contribution in [0.25, 0.3) is 0 Å². The monoisotopic (exact) mass is 532 g/mol. The fraction of sp³-hybridized carbons (Fsp3) is 1.00. The highest BCUT2D eigenvalue weighted by Crippen LogP contribution is 2.50. The molecule has 4 nitrogen and oxygen atoms in total. The molecule has 1 saturated carbocycles. The Morgan fingerprint density at radius 2 is 1.22 bits per heavy atom. The van der Waals surface area contributed by atoms with Crippen molar-refractivity contribution in [1.29, 1.82) is 0 Å². The van der Waals surface area contributed by atoms with Crippen LogP contribution in [-0.4, -0.2) is 49.0 Å². The maximum absolute atomic E-state index is 10.2. The SMILES string of the molecule is CC1COC(C)(C)O1.CC1OC1(C)C.CCC(C)(C)C.CCC1CCC(C)(C)C1(C)O.C[Si](C)(C)C. The lowest BCUT2D eigenvalue weighted by Crippen LogP contribution is -2.41. The Hall–Kier alpha value is 0.0569. The fourth-order valence-corrected chi connectivity index (χ4v) is 3.52. The molecule has 5 heteroatoms. The van der Waals surface area contributed by atoms with Gasteiger partial charge in [0, 0.05) is 8.07 Å². The first-order valence-electron chi connectivity index (χ1n) is 14.4. The molecule has 0 radical (unpaired) electrons. The number of ether oxygens (including phenoxy) is 3. The summed E-state index contributed by atoms with van der Waals surface area (Å²) in [5.74, 6) is 0.178. The van der Waals surface area contributed by atoms with Gasteiger partial charge in [0.15, 0.2) is 5.79 Å². The molecule has 1 aliphatic carbocycles. The minimum Gasteiger partial charge on any atom is -0.389 e. The van der Waals surface area contributed by atoms with E-state index in [2.05, 4.69) is 95.4 Å². The molecule has 0 aromatic carbocycles. The van der Waals surface area contributed by atoms with Gasteiger partial charge >= 0.3 is 0 Å². The lowest BCUT2D eigenvalue weighted by Gasteiger charge is -2.37. The second-order valence-electron chi connectivity index (χ2n) is 15.6. The zero-order valence-corrected chi connectivity index (χ0v) is 28.9. The summed E-state index contributed by atoms with van der Waals surface area (Å²) in [6, 6.07) is 0. The first-order valence-corrected chi connectivity index (χ1v) is 18.4. The van der Waals surface area contributed by atoms with Crippen LogP contribution >= 0.6 is 0 Å². The van der Waals surface area contributed by atoms with Crippen molar-refractivity contribution in [3.63, 3.8) is 0 Å². The Balaban J connectivity index is 0. The van der Waals surface area contributed by atoms with Gasteiger partial charge in [-0.25, -0.2) is 0 Å². The van der Waals surface area contributed by atoms with E-state index in [-0.39, 0.29) is 22.9 Å². The zero-order chi connectivity index (χ0) is 29.4. The second-order valence-corrected chi connectivity index (χ2v) is 21.6. The molecule has 220 valence electrons. The molecule has 3 rings (SSSR count). The van der Waals surface area contributed by atoms with Gasteiger partial charge in [-0.3, -0.25) is 0 Å². The molecule has 3 fully saturated rings. The number of epoxide rings is 1. The second kappa shape index (κ2) is 14.4. The van der Waals surface area contributed by atoms with Crippen LogP contribution in [0.1, 0.15) is 123 Å². The van der Waals surface area contributed by atoms with Crippen molar-refractivity contribution in [2.75, 3.05) is 6.61 Å². The zero-order valence-electron chi connectivity index (χ0n) is 27.9. The van der Waals surface area contributed by atoms with Crippen molar-refractivity contribution in [1.82, 2.24) is 0 Å². The van der Waals surface area contributed by atoms with Gasteiger partial charge in [0.25, 0.3) is 0 Å². The smallest absolute Gasteiger partial charge is 0.163 e. The molecule has 0 amide bonds. The van der Waals surface area contributed by atoms with Crippen molar-refractivity contribution >= 4 is 8.07 Å². The normalized spacial score (nSPS) is 31.2. The molecule has 0 aromatic rings. The summed E-state index contributed by atoms with van der Waals surface area (Å²) >= 11 is 0. The van der Waals surface area contributed by atoms with Crippen molar-refractivity contribution in [2.45, 2.75) is 178 Å². The summed E-state index contributed by atoms with van der Waals surface area (Å²) in [5, 5.41) is 10.2. The number of hydrogen-bond donors (Lipinski definition) is 1. The lowest BCUT2D eigenvalue weighted by atomic mass is 9.75. The van der Waals surface area contributed by atoms with Gasteiger partial charge in [0.05, 0.1) is 30.0 Å². The van der Waals surface area contributed by atoms with Gasteiger partial charge < -0.3 is 19.3 Å². The van der Waals surface area contributed by atoms with E-state index in [1.165, 1.54) is 19.3 Å². The molecule has 36 heavy (non-hydrogen) atoms. The van der Waals surface area contributed by atoms with E-state index in [4.69, 9.17) is 14.2 Å². The van der Waals surface area contributed by atoms with Gasteiger partial charge in [0.2, 0.25) is 0 Å². The van der Waals surface area contributed by atoms with Crippen LogP contribution < -0.4 is 0 Å². The molecular formula is C31H68O4Si. The molecule has 2 saturated heterocycles. The summed E-state index contributed by atoms with van der Waals surface area (Å²) < 4.78 is 15.7. The van der Waals surface area contributed by atoms with Crippen molar-refractivity contribution in [2.24, 2.45) is 16.7 Å². The molecule has 0 spiro atoms. The van der Waals surface area contributed by atoms with E-state index in [9.17, 15) is 5.11 Å². The van der Waals surface area contributed by atoms with E-state index >= 15 is 0 Å². The standard InChI is InChI=1S/C10H20O.C6H12O2.C6H14.C5H10O.C4H12Si/c1-5-8-6-7-9(2,3)10(8,4)11;1-5-4-7-6(2,3)8-5;1-5-6(2,3)4;1-4-5(2,3)6-4;1-5(2,3)4/h8,11H,5-7H2,1-4H3;5H,4H2,1-3H3;5H2,1-4H3;4H,1-3H3;1-4H3. The molecule has 4 unspecified atom stereocenters. The largest absolute Gasteiger partial charge is 0.389 e. The van der Waals surface area contributed by atoms with Gasteiger partial charge in [0.1, 0.15) is 0 Å². The molecule has 3 aliphatic rings. The van der Waals surface area contributed by atoms with Gasteiger partial charge in [-0.05, 0) is 78.1 Å². The third-order valence-corrected chi connectivity index (χ3v) is 7.39. The summed E-state index contributed by atoms with van der Waals surface area (Å²) in [4.78, 5) is 0. The van der Waals surface area contributed by atoms with Gasteiger partial charge in [-0.1, -0.05) is 87.5 Å². The van der Waals surface area contributed by atoms with E-state index in [0.717, 1.165) is 13.0 Å². The average molecular weight is 533 g/mol. The Kier molecular flexibility index (Phi) is 15.3. The first-order chi connectivity index (χ1) is 15.7. The lowest BCUT2D eigenvalue weighted by molar-refractivity contribution is -0.136. The highest BCUT2D eigenvalue weighted by molar-refractivity contribution is 6.74. The Morgan fingerprint density at radius 1 is 0.861 bits per heavy atom. The van der Waals surface area contributed by atoms with E-state index in [1.807, 2.05) is 27.7 Å². The molecule has 0 bridgehead atoms. The topological polar surface area (TPSA) is 51.2 Å². The van der Waals surface area contributed by atoms with Crippen molar-refractivity contribution in [3.05, 3.63) is 0 Å². The molecule has 0 aromatic heterocycles. The highest BCUT2D eigenvalue weighted by atomic mass is 28.3. The van der Waals surface area contributed by atoms with Crippen LogP contribution in [0.5, 0.6) is 0 Å². The van der Waals surface area contributed by atoms with E-state index in [1.54, 1.807) is 0 Å². The average Bonchev–Trinajstić information content (AvgIpc) is 2.95. The van der Waals surface area contributed by atoms with Crippen LogP contribution in [0.15, 0.2) is 0 Å². The summed E-state index contributed by atoms with van der Waals surface area (Å²) in [6.07, 6.45) is 5.50. The first kappa shape index (κ1) is 38.2. The molecular weight excluding hydrogens is 464 g/mol. The van der Waals surface area contributed by atoms with Crippen molar-refractivity contribution < 1.29 is 19.3 Å². The fourth-order valence-electron chi connectivity index (χ4n) is 3.52. The molecule has 2 aliphatic heterocycles. The number of aliphatic hydroxyl groups is 1. The van der Waals surface area contributed by atoms with Crippen LogP contribution in [0.2, 0.25) is 26.2 Å². The van der Waals surface area contributed by atoms with Crippen LogP contribution in [0.3, 0.4) is 0 Å². The van der Waals surface area contributed by atoms with Crippen LogP contribution in [0.4, 0.5) is 0 Å². The van der Waals surface area contributed by atoms with Crippen LogP contribution in [0, 0.1) is 16.7 Å². The third-order valence-electron chi connectivity index (χ3n) is 7.39. The molecule has 1 N–H and O–H groups in total. The van der Waals surface area contributed by atoms with Gasteiger partial charge in [-0.2, -0.15) is 0 Å². The highest BCUT2D eigenvalue weighted by Gasteiger charge is 2.49. The summed E-state index contributed by atoms with van der Waals surface area (Å²) in [6.45, 7) is 39.6. The van der Waals surface area contributed by atoms with Gasteiger partial charge in [-0.15, -0.1) is 0 Å². The van der Waals surface area contributed by atoms with Crippen LogP contribution in [-0.2, 0) is 14.2 Å². The Labute approximate surface area is 228 Å². The Bertz CT molecular complexity index is 583. The maximum atomic E-state index is 10.2. The summed E-state index contributed by atoms with van der Waals surface area (Å²) in [7, 11) is -0.611. The van der Waals surface area contributed by atoms with E-state index < -0.39 is 13.7 Å². The summed E-state index contributed by atoms with van der Waals surface area (Å²) in [5.41, 5.74) is 0.426.